The first-order valence-corrected chi connectivity index (χ1v) is 8.05. The molecule has 0 fully saturated rings. The number of halogens is 1. The van der Waals surface area contributed by atoms with Gasteiger partial charge in [0, 0.05) is 17.3 Å². The third-order valence-corrected chi connectivity index (χ3v) is 4.13. The lowest BCUT2D eigenvalue weighted by molar-refractivity contribution is 0.394. The second kappa shape index (κ2) is 8.19. The molecular weight excluding hydrogens is 304 g/mol. The van der Waals surface area contributed by atoms with E-state index in [9.17, 15) is 0 Å². The van der Waals surface area contributed by atoms with Gasteiger partial charge in [0.15, 0.2) is 0 Å². The number of aromatic nitrogens is 1. The van der Waals surface area contributed by atoms with E-state index in [4.69, 9.17) is 0 Å². The van der Waals surface area contributed by atoms with Crippen LogP contribution in [0, 0.1) is 0 Å². The standard InChI is InChI=1S/C20H24N2.ClH/c1-21(2)15-9-8-10-17-16-22(18-11-4-3-5-12-18)20-14-7-6-13-19(17)20;/h3-7,11-14,16H,8-10,15H2,1-2H3;1H. The third-order valence-electron chi connectivity index (χ3n) is 4.13. The Balaban J connectivity index is 0.00000192. The van der Waals surface area contributed by atoms with Crippen LogP contribution >= 0.6 is 12.4 Å². The number of aryl methyl sites for hydroxylation is 1. The minimum absolute atomic E-state index is 0. The van der Waals surface area contributed by atoms with Crippen LogP contribution in [0.2, 0.25) is 0 Å². The summed E-state index contributed by atoms with van der Waals surface area (Å²) in [6, 6.07) is 19.3. The molecule has 3 heteroatoms. The van der Waals surface area contributed by atoms with Crippen molar-refractivity contribution in [1.29, 1.82) is 0 Å². The molecule has 0 aliphatic rings. The summed E-state index contributed by atoms with van der Waals surface area (Å²) in [5.74, 6) is 0. The summed E-state index contributed by atoms with van der Waals surface area (Å²) in [6.07, 6.45) is 5.95. The van der Waals surface area contributed by atoms with Gasteiger partial charge in [-0.1, -0.05) is 36.4 Å². The maximum Gasteiger partial charge on any atom is 0.0531 e. The molecule has 0 unspecified atom stereocenters. The highest BCUT2D eigenvalue weighted by molar-refractivity contribution is 5.86. The fourth-order valence-corrected chi connectivity index (χ4v) is 3.00. The van der Waals surface area contributed by atoms with Gasteiger partial charge in [0.2, 0.25) is 0 Å². The lowest BCUT2D eigenvalue weighted by Crippen LogP contribution is -2.12. The molecule has 122 valence electrons. The molecule has 3 rings (SSSR count). The first kappa shape index (κ1) is 17.6. The maximum atomic E-state index is 2.32. The van der Waals surface area contributed by atoms with Crippen LogP contribution < -0.4 is 0 Å². The van der Waals surface area contributed by atoms with Crippen molar-refractivity contribution in [2.75, 3.05) is 20.6 Å². The molecule has 0 N–H and O–H groups in total. The first-order chi connectivity index (χ1) is 10.8. The van der Waals surface area contributed by atoms with E-state index >= 15 is 0 Å². The van der Waals surface area contributed by atoms with Gasteiger partial charge >= 0.3 is 0 Å². The van der Waals surface area contributed by atoms with Crippen LogP contribution in [0.3, 0.4) is 0 Å². The summed E-state index contributed by atoms with van der Waals surface area (Å²) >= 11 is 0. The van der Waals surface area contributed by atoms with E-state index in [-0.39, 0.29) is 12.4 Å². The van der Waals surface area contributed by atoms with E-state index in [1.54, 1.807) is 0 Å². The van der Waals surface area contributed by atoms with E-state index in [1.165, 1.54) is 35.0 Å². The molecule has 1 aromatic heterocycles. The van der Waals surface area contributed by atoms with Crippen LogP contribution in [0.25, 0.3) is 16.6 Å². The van der Waals surface area contributed by atoms with Crippen molar-refractivity contribution in [3.05, 3.63) is 66.4 Å². The molecule has 0 saturated heterocycles. The molecule has 2 nitrogen and oxygen atoms in total. The van der Waals surface area contributed by atoms with E-state index < -0.39 is 0 Å². The van der Waals surface area contributed by atoms with E-state index in [2.05, 4.69) is 84.4 Å². The molecule has 0 aliphatic carbocycles. The molecule has 0 aliphatic heterocycles. The Bertz CT molecular complexity index is 732. The number of para-hydroxylation sites is 2. The molecule has 0 amide bonds. The Labute approximate surface area is 145 Å². The van der Waals surface area contributed by atoms with Gasteiger partial charge in [-0.2, -0.15) is 0 Å². The normalized spacial score (nSPS) is 10.9. The van der Waals surface area contributed by atoms with Gasteiger partial charge in [-0.25, -0.2) is 0 Å². The number of benzene rings is 2. The Morgan fingerprint density at radius 3 is 2.30 bits per heavy atom. The summed E-state index contributed by atoms with van der Waals surface area (Å²) in [5, 5.41) is 1.39. The molecule has 3 aromatic rings. The summed E-state index contributed by atoms with van der Waals surface area (Å²) in [6.45, 7) is 1.16. The highest BCUT2D eigenvalue weighted by Crippen LogP contribution is 2.26. The smallest absolute Gasteiger partial charge is 0.0531 e. The van der Waals surface area contributed by atoms with Crippen molar-refractivity contribution >= 4 is 23.3 Å². The minimum atomic E-state index is 0. The highest BCUT2D eigenvalue weighted by Gasteiger charge is 2.09. The number of fused-ring (bicyclic) bond motifs is 1. The molecule has 0 saturated carbocycles. The number of rotatable bonds is 6. The van der Waals surface area contributed by atoms with E-state index in [0.29, 0.717) is 0 Å². The summed E-state index contributed by atoms with van der Waals surface area (Å²) < 4.78 is 2.32. The average Bonchev–Trinajstić information content (AvgIpc) is 2.91. The molecule has 0 spiro atoms. The monoisotopic (exact) mass is 328 g/mol. The van der Waals surface area contributed by atoms with Crippen LogP contribution in [-0.2, 0) is 6.42 Å². The van der Waals surface area contributed by atoms with Crippen LogP contribution in [-0.4, -0.2) is 30.1 Å². The van der Waals surface area contributed by atoms with E-state index in [0.717, 1.165) is 13.0 Å². The SMILES string of the molecule is CN(C)CCCCc1cn(-c2ccccc2)c2ccccc12.Cl. The first-order valence-electron chi connectivity index (χ1n) is 8.05. The second-order valence-corrected chi connectivity index (χ2v) is 6.14. The van der Waals surface area contributed by atoms with E-state index in [1.807, 2.05) is 0 Å². The zero-order chi connectivity index (χ0) is 15.4. The fourth-order valence-electron chi connectivity index (χ4n) is 3.00. The van der Waals surface area contributed by atoms with Crippen molar-refractivity contribution in [2.45, 2.75) is 19.3 Å². The maximum absolute atomic E-state index is 2.32. The Kier molecular flexibility index (Phi) is 6.26. The number of hydrogen-bond acceptors (Lipinski definition) is 1. The van der Waals surface area contributed by atoms with Crippen LogP contribution in [0.4, 0.5) is 0 Å². The predicted octanol–water partition coefficient (Wildman–Crippen LogP) is 4.94. The van der Waals surface area contributed by atoms with Gasteiger partial charge in [0.05, 0.1) is 5.52 Å². The molecule has 1 heterocycles. The van der Waals surface area contributed by atoms with Crippen LogP contribution in [0.15, 0.2) is 60.8 Å². The second-order valence-electron chi connectivity index (χ2n) is 6.14. The zero-order valence-electron chi connectivity index (χ0n) is 13.9. The lowest BCUT2D eigenvalue weighted by Gasteiger charge is -2.08. The number of hydrogen-bond donors (Lipinski definition) is 0. The summed E-state index contributed by atoms with van der Waals surface area (Å²) in [7, 11) is 4.28. The zero-order valence-corrected chi connectivity index (χ0v) is 14.7. The summed E-state index contributed by atoms with van der Waals surface area (Å²) in [5.41, 5.74) is 3.99. The van der Waals surface area contributed by atoms with Gasteiger partial charge < -0.3 is 9.47 Å². The van der Waals surface area contributed by atoms with Crippen molar-refractivity contribution in [3.63, 3.8) is 0 Å². The van der Waals surface area contributed by atoms with Crippen molar-refractivity contribution in [3.8, 4) is 5.69 Å². The van der Waals surface area contributed by atoms with Crippen molar-refractivity contribution < 1.29 is 0 Å². The van der Waals surface area contributed by atoms with Gasteiger partial charge in [0.25, 0.3) is 0 Å². The number of unbranched alkanes of at least 4 members (excludes halogenated alkanes) is 1. The fraction of sp³-hybridized carbons (Fsp3) is 0.300. The topological polar surface area (TPSA) is 8.17 Å². The molecular formula is C20H25ClN2. The third kappa shape index (κ3) is 4.15. The number of nitrogens with zero attached hydrogens (tertiary/aromatic N) is 2. The van der Waals surface area contributed by atoms with Gasteiger partial charge in [0.1, 0.15) is 0 Å². The Hall–Kier alpha value is -1.77. The Morgan fingerprint density at radius 2 is 1.57 bits per heavy atom. The van der Waals surface area contributed by atoms with Crippen molar-refractivity contribution in [2.24, 2.45) is 0 Å². The minimum Gasteiger partial charge on any atom is -0.316 e. The van der Waals surface area contributed by atoms with Gasteiger partial charge in [-0.3, -0.25) is 0 Å². The molecule has 0 bridgehead atoms. The van der Waals surface area contributed by atoms with Crippen LogP contribution in [0.1, 0.15) is 18.4 Å². The molecule has 0 atom stereocenters. The van der Waals surface area contributed by atoms with Gasteiger partial charge in [-0.05, 0) is 63.7 Å². The quantitative estimate of drug-likeness (QED) is 0.582. The largest absolute Gasteiger partial charge is 0.316 e. The Morgan fingerprint density at radius 1 is 0.870 bits per heavy atom. The molecule has 23 heavy (non-hydrogen) atoms. The molecule has 2 aromatic carbocycles. The predicted molar refractivity (Wildman–Crippen MR) is 102 cm³/mol. The lowest BCUT2D eigenvalue weighted by atomic mass is 10.1. The van der Waals surface area contributed by atoms with Crippen LogP contribution in [0.5, 0.6) is 0 Å². The highest BCUT2D eigenvalue weighted by atomic mass is 35.5. The molecule has 0 radical (unpaired) electrons. The summed E-state index contributed by atoms with van der Waals surface area (Å²) in [4.78, 5) is 2.26. The van der Waals surface area contributed by atoms with Gasteiger partial charge in [-0.15, -0.1) is 12.4 Å². The average molecular weight is 329 g/mol. The van der Waals surface area contributed by atoms with Crippen molar-refractivity contribution in [1.82, 2.24) is 9.47 Å².